The topological polar surface area (TPSA) is 52.7 Å². The Balaban J connectivity index is 0.00000324. The molecule has 0 aromatic rings. The van der Waals surface area contributed by atoms with Crippen molar-refractivity contribution in [2.45, 2.75) is 39.2 Å². The molecule has 1 aliphatic rings. The molecule has 5 nitrogen and oxygen atoms in total. The maximum atomic E-state index is 12.0. The molecule has 0 aromatic carbocycles. The highest BCUT2D eigenvalue weighted by atomic mass is 35.5. The number of rotatable bonds is 6. The van der Waals surface area contributed by atoms with E-state index in [-0.39, 0.29) is 24.2 Å². The van der Waals surface area contributed by atoms with Crippen LogP contribution in [0.4, 0.5) is 0 Å². The predicted octanol–water partition coefficient (Wildman–Crippen LogP) is 0.877. The van der Waals surface area contributed by atoms with Crippen molar-refractivity contribution in [2.24, 2.45) is 0 Å². The zero-order valence-corrected chi connectivity index (χ0v) is 13.0. The molecule has 0 aromatic heterocycles. The van der Waals surface area contributed by atoms with Crippen LogP contribution in [0.5, 0.6) is 0 Å². The van der Waals surface area contributed by atoms with Crippen LogP contribution in [0, 0.1) is 0 Å². The van der Waals surface area contributed by atoms with Crippen LogP contribution in [-0.2, 0) is 9.59 Å². The van der Waals surface area contributed by atoms with E-state index in [0.29, 0.717) is 32.0 Å². The van der Waals surface area contributed by atoms with Crippen LogP contribution < -0.4 is 5.32 Å². The molecule has 112 valence electrons. The van der Waals surface area contributed by atoms with Crippen LogP contribution in [0.3, 0.4) is 0 Å². The summed E-state index contributed by atoms with van der Waals surface area (Å²) in [6, 6.07) is 0.293. The molecule has 1 N–H and O–H groups in total. The molecule has 1 unspecified atom stereocenters. The molecule has 6 heteroatoms. The van der Waals surface area contributed by atoms with Gasteiger partial charge in [-0.3, -0.25) is 9.59 Å². The molecule has 0 spiro atoms. The van der Waals surface area contributed by atoms with Crippen LogP contribution in [0.25, 0.3) is 0 Å². The fourth-order valence-corrected chi connectivity index (χ4v) is 2.30. The van der Waals surface area contributed by atoms with Crippen LogP contribution >= 0.6 is 12.4 Å². The minimum atomic E-state index is 0. The lowest BCUT2D eigenvalue weighted by molar-refractivity contribution is -0.137. The number of likely N-dealkylation sites (N-methyl/N-ethyl adjacent to an activating group) is 1. The summed E-state index contributed by atoms with van der Waals surface area (Å²) in [5, 5.41) is 3.24. The molecule has 1 heterocycles. The Kier molecular flexibility index (Phi) is 8.76. The number of amides is 2. The molecule has 0 saturated carbocycles. The average molecular weight is 292 g/mol. The number of nitrogens with one attached hydrogen (secondary N) is 1. The van der Waals surface area contributed by atoms with E-state index in [2.05, 4.69) is 5.32 Å². The van der Waals surface area contributed by atoms with Gasteiger partial charge in [0.05, 0.1) is 0 Å². The van der Waals surface area contributed by atoms with Crippen LogP contribution in [0.15, 0.2) is 0 Å². The molecule has 1 aliphatic heterocycles. The van der Waals surface area contributed by atoms with Crippen molar-refractivity contribution >= 4 is 24.2 Å². The highest BCUT2D eigenvalue weighted by Crippen LogP contribution is 2.09. The van der Waals surface area contributed by atoms with E-state index in [9.17, 15) is 9.59 Å². The number of halogens is 1. The van der Waals surface area contributed by atoms with Crippen molar-refractivity contribution in [1.82, 2.24) is 15.1 Å². The van der Waals surface area contributed by atoms with Gasteiger partial charge in [0.2, 0.25) is 11.8 Å². The fraction of sp³-hybridized carbons (Fsp3) is 0.846. The van der Waals surface area contributed by atoms with Crippen molar-refractivity contribution in [2.75, 3.05) is 33.2 Å². The number of carbonyl (C=O) groups is 2. The lowest BCUT2D eigenvalue weighted by Gasteiger charge is -2.24. The van der Waals surface area contributed by atoms with Gasteiger partial charge >= 0.3 is 0 Å². The molecule has 19 heavy (non-hydrogen) atoms. The normalized spacial score (nSPS) is 17.7. The third-order valence-corrected chi connectivity index (χ3v) is 3.64. The number of nitrogens with zero attached hydrogens (tertiary/aromatic N) is 2. The number of carbonyl (C=O) groups excluding carboxylic acids is 2. The van der Waals surface area contributed by atoms with Gasteiger partial charge in [-0.1, -0.05) is 0 Å². The third kappa shape index (κ3) is 5.37. The Labute approximate surface area is 122 Å². The Bertz CT molecular complexity index is 290. The summed E-state index contributed by atoms with van der Waals surface area (Å²) < 4.78 is 0. The summed E-state index contributed by atoms with van der Waals surface area (Å²) in [7, 11) is 1.84. The highest BCUT2D eigenvalue weighted by Gasteiger charge is 2.23. The molecule has 0 bridgehead atoms. The first kappa shape index (κ1) is 18.2. The van der Waals surface area contributed by atoms with E-state index in [1.54, 1.807) is 9.80 Å². The molecular weight excluding hydrogens is 266 g/mol. The van der Waals surface area contributed by atoms with Gasteiger partial charge in [-0.05, 0) is 26.8 Å². The summed E-state index contributed by atoms with van der Waals surface area (Å²) in [6.45, 7) is 7.18. The standard InChI is InChI=1S/C13H25N3O2.ClH/c1-4-16(5-2)13(18)7-6-12(17)15(3)11-8-9-14-10-11;/h11,14H,4-10H2,1-3H3;1H. The second-order valence-corrected chi connectivity index (χ2v) is 4.72. The van der Waals surface area contributed by atoms with Crippen molar-refractivity contribution in [3.63, 3.8) is 0 Å². The van der Waals surface area contributed by atoms with E-state index < -0.39 is 0 Å². The molecule has 0 aliphatic carbocycles. The van der Waals surface area contributed by atoms with Crippen LogP contribution in [-0.4, -0.2) is 60.9 Å². The average Bonchev–Trinajstić information content (AvgIpc) is 2.90. The first-order valence-corrected chi connectivity index (χ1v) is 6.84. The number of hydrogen-bond donors (Lipinski definition) is 1. The molecule has 1 rings (SSSR count). The molecular formula is C13H26ClN3O2. The number of hydrogen-bond acceptors (Lipinski definition) is 3. The van der Waals surface area contributed by atoms with Crippen molar-refractivity contribution in [1.29, 1.82) is 0 Å². The smallest absolute Gasteiger partial charge is 0.223 e. The maximum Gasteiger partial charge on any atom is 0.223 e. The maximum absolute atomic E-state index is 12.0. The first-order valence-electron chi connectivity index (χ1n) is 6.84. The molecule has 1 saturated heterocycles. The van der Waals surface area contributed by atoms with Gasteiger partial charge in [-0.15, -0.1) is 12.4 Å². The summed E-state index contributed by atoms with van der Waals surface area (Å²) in [6.07, 6.45) is 1.65. The lowest BCUT2D eigenvalue weighted by atomic mass is 10.2. The molecule has 2 amide bonds. The van der Waals surface area contributed by atoms with Crippen LogP contribution in [0.1, 0.15) is 33.1 Å². The van der Waals surface area contributed by atoms with Gasteiger partial charge < -0.3 is 15.1 Å². The summed E-state index contributed by atoms with van der Waals surface area (Å²) in [4.78, 5) is 27.3. The van der Waals surface area contributed by atoms with Gasteiger partial charge in [0.1, 0.15) is 0 Å². The largest absolute Gasteiger partial charge is 0.343 e. The van der Waals surface area contributed by atoms with E-state index in [1.165, 1.54) is 0 Å². The molecule has 1 fully saturated rings. The Morgan fingerprint density at radius 1 is 1.16 bits per heavy atom. The predicted molar refractivity (Wildman–Crippen MR) is 78.5 cm³/mol. The van der Waals surface area contributed by atoms with E-state index in [1.807, 2.05) is 20.9 Å². The highest BCUT2D eigenvalue weighted by molar-refractivity contribution is 5.85. The third-order valence-electron chi connectivity index (χ3n) is 3.64. The SMILES string of the molecule is CCN(CC)C(=O)CCC(=O)N(C)C1CCNC1.Cl. The van der Waals surface area contributed by atoms with Crippen molar-refractivity contribution in [3.05, 3.63) is 0 Å². The minimum Gasteiger partial charge on any atom is -0.343 e. The Hall–Kier alpha value is -0.810. The van der Waals surface area contributed by atoms with E-state index in [0.717, 1.165) is 19.5 Å². The van der Waals surface area contributed by atoms with Gasteiger partial charge in [0.15, 0.2) is 0 Å². The minimum absolute atomic E-state index is 0. The first-order chi connectivity index (χ1) is 8.60. The summed E-state index contributed by atoms with van der Waals surface area (Å²) in [5.41, 5.74) is 0. The lowest BCUT2D eigenvalue weighted by Crippen LogP contribution is -2.39. The van der Waals surface area contributed by atoms with E-state index >= 15 is 0 Å². The van der Waals surface area contributed by atoms with Gasteiger partial charge in [-0.25, -0.2) is 0 Å². The van der Waals surface area contributed by atoms with Crippen LogP contribution in [0.2, 0.25) is 0 Å². The van der Waals surface area contributed by atoms with Crippen molar-refractivity contribution < 1.29 is 9.59 Å². The van der Waals surface area contributed by atoms with Gasteiger partial charge in [0.25, 0.3) is 0 Å². The second-order valence-electron chi connectivity index (χ2n) is 4.72. The Morgan fingerprint density at radius 2 is 1.74 bits per heavy atom. The van der Waals surface area contributed by atoms with Crippen molar-refractivity contribution in [3.8, 4) is 0 Å². The monoisotopic (exact) mass is 291 g/mol. The molecule has 1 atom stereocenters. The summed E-state index contributed by atoms with van der Waals surface area (Å²) >= 11 is 0. The van der Waals surface area contributed by atoms with Gasteiger partial charge in [0, 0.05) is 45.6 Å². The Morgan fingerprint density at radius 3 is 2.21 bits per heavy atom. The second kappa shape index (κ2) is 9.15. The fourth-order valence-electron chi connectivity index (χ4n) is 2.30. The van der Waals surface area contributed by atoms with E-state index in [4.69, 9.17) is 0 Å². The zero-order chi connectivity index (χ0) is 13.5. The summed E-state index contributed by atoms with van der Waals surface area (Å²) in [5.74, 6) is 0.149. The quantitative estimate of drug-likeness (QED) is 0.790. The van der Waals surface area contributed by atoms with Gasteiger partial charge in [-0.2, -0.15) is 0 Å². The molecule has 0 radical (unpaired) electrons. The zero-order valence-electron chi connectivity index (χ0n) is 12.1.